The van der Waals surface area contributed by atoms with Crippen LogP contribution in [0.4, 0.5) is 18.9 Å². The van der Waals surface area contributed by atoms with Gasteiger partial charge in [-0.15, -0.1) is 0 Å². The van der Waals surface area contributed by atoms with Crippen LogP contribution >= 0.6 is 0 Å². The molecule has 1 aromatic carbocycles. The molecule has 2 rings (SSSR count). The first-order valence-corrected chi connectivity index (χ1v) is 6.37. The molecule has 4 N–H and O–H groups in total. The molecule has 0 radical (unpaired) electrons. The smallest absolute Gasteiger partial charge is 0.400 e. The van der Waals surface area contributed by atoms with Gasteiger partial charge in [-0.1, -0.05) is 6.08 Å². The van der Waals surface area contributed by atoms with Gasteiger partial charge in [0.15, 0.2) is 0 Å². The maximum Gasteiger partial charge on any atom is 0.400 e. The van der Waals surface area contributed by atoms with Gasteiger partial charge in [0, 0.05) is 17.9 Å². The number of hydrogen-bond donors (Lipinski definition) is 2. The molecule has 0 spiro atoms. The second kappa shape index (κ2) is 5.77. The minimum atomic E-state index is -4.42. The van der Waals surface area contributed by atoms with E-state index in [0.717, 1.165) is 6.08 Å². The van der Waals surface area contributed by atoms with Crippen LogP contribution in [-0.4, -0.2) is 18.6 Å². The van der Waals surface area contributed by atoms with Gasteiger partial charge in [-0.25, -0.2) is 4.99 Å². The molecule has 0 aromatic heterocycles. The molecule has 4 nitrogen and oxygen atoms in total. The Labute approximate surface area is 120 Å². The number of nitrogens with two attached hydrogens (primary N) is 2. The summed E-state index contributed by atoms with van der Waals surface area (Å²) < 4.78 is 44.1. The van der Waals surface area contributed by atoms with E-state index in [4.69, 9.17) is 16.2 Å². The Hall–Kier alpha value is -2.02. The molecule has 7 heteroatoms. The average Bonchev–Trinajstić information content (AvgIpc) is 2.40. The third kappa shape index (κ3) is 3.55. The molecule has 0 bridgehead atoms. The van der Waals surface area contributed by atoms with Gasteiger partial charge in [0.25, 0.3) is 0 Å². The number of aliphatic imine (C=N–C) groups is 1. The maximum absolute atomic E-state index is 12.9. The Balaban J connectivity index is 2.23. The van der Waals surface area contributed by atoms with Gasteiger partial charge in [-0.3, -0.25) is 0 Å². The largest absolute Gasteiger partial charge is 0.468 e. The van der Waals surface area contributed by atoms with Crippen molar-refractivity contribution in [2.24, 2.45) is 16.6 Å². The number of alkyl halides is 3. The highest BCUT2D eigenvalue weighted by Gasteiger charge is 2.45. The number of halogens is 3. The van der Waals surface area contributed by atoms with Gasteiger partial charge in [0.1, 0.15) is 11.7 Å². The summed E-state index contributed by atoms with van der Waals surface area (Å²) in [6.07, 6.45) is -2.19. The van der Waals surface area contributed by atoms with Gasteiger partial charge in [0.05, 0.1) is 0 Å². The number of anilines is 1. The number of hydrogen-bond acceptors (Lipinski definition) is 4. The van der Waals surface area contributed by atoms with Gasteiger partial charge in [0.2, 0.25) is 6.23 Å². The van der Waals surface area contributed by atoms with Crippen molar-refractivity contribution in [1.82, 2.24) is 0 Å². The third-order valence-corrected chi connectivity index (χ3v) is 3.13. The van der Waals surface area contributed by atoms with Crippen molar-refractivity contribution >= 4 is 11.9 Å². The molecule has 0 saturated heterocycles. The van der Waals surface area contributed by atoms with Gasteiger partial charge in [-0.05, 0) is 36.8 Å². The van der Waals surface area contributed by atoms with Crippen LogP contribution in [0.3, 0.4) is 0 Å². The van der Waals surface area contributed by atoms with E-state index in [2.05, 4.69) is 4.99 Å². The van der Waals surface area contributed by atoms with Crippen molar-refractivity contribution in [2.45, 2.75) is 25.4 Å². The highest BCUT2D eigenvalue weighted by atomic mass is 19.4. The molecule has 1 aliphatic rings. The van der Waals surface area contributed by atoms with E-state index in [0.29, 0.717) is 11.3 Å². The van der Waals surface area contributed by atoms with Crippen LogP contribution in [0.15, 0.2) is 35.3 Å². The van der Waals surface area contributed by atoms with Gasteiger partial charge < -0.3 is 16.2 Å². The lowest BCUT2D eigenvalue weighted by Crippen LogP contribution is -2.36. The molecule has 1 heterocycles. The van der Waals surface area contributed by atoms with Crippen LogP contribution in [0, 0.1) is 5.92 Å². The molecule has 1 aromatic rings. The molecule has 0 fully saturated rings. The molecule has 114 valence electrons. The van der Waals surface area contributed by atoms with Crippen LogP contribution in [0.25, 0.3) is 0 Å². The third-order valence-electron chi connectivity index (χ3n) is 3.13. The molecule has 0 saturated carbocycles. The number of ether oxygens (including phenoxy) is 1. The molecule has 0 amide bonds. The molecule has 0 aliphatic carbocycles. The fourth-order valence-electron chi connectivity index (χ4n) is 2.03. The van der Waals surface area contributed by atoms with Gasteiger partial charge >= 0.3 is 6.18 Å². The summed E-state index contributed by atoms with van der Waals surface area (Å²) in [4.78, 5) is 3.75. The standard InChI is InChI=1S/C14H16F3N3O/c1-8(18)10-7-9(4-5-12(10)19)21-13-11(14(15,16)17)3-2-6-20-13/h2-8,11,13H,18-19H2,1H3. The first-order chi connectivity index (χ1) is 9.79. The number of allylic oxidation sites excluding steroid dienone is 1. The molecule has 3 atom stereocenters. The Bertz CT molecular complexity index is 567. The molecular weight excluding hydrogens is 283 g/mol. The number of rotatable bonds is 3. The van der Waals surface area contributed by atoms with Crippen molar-refractivity contribution in [1.29, 1.82) is 0 Å². The number of benzene rings is 1. The quantitative estimate of drug-likeness (QED) is 0.843. The van der Waals surface area contributed by atoms with E-state index >= 15 is 0 Å². The second-order valence-electron chi connectivity index (χ2n) is 4.84. The van der Waals surface area contributed by atoms with E-state index in [9.17, 15) is 13.2 Å². The highest BCUT2D eigenvalue weighted by Crippen LogP contribution is 2.34. The predicted molar refractivity (Wildman–Crippen MR) is 75.0 cm³/mol. The fourth-order valence-corrected chi connectivity index (χ4v) is 2.03. The van der Waals surface area contributed by atoms with Crippen LogP contribution in [0.1, 0.15) is 18.5 Å². The molecule has 3 unspecified atom stereocenters. The zero-order valence-corrected chi connectivity index (χ0v) is 11.3. The minimum Gasteiger partial charge on any atom is -0.468 e. The van der Waals surface area contributed by atoms with E-state index in [1.165, 1.54) is 18.4 Å². The summed E-state index contributed by atoms with van der Waals surface area (Å²) in [6, 6.07) is 4.25. The maximum atomic E-state index is 12.9. The fraction of sp³-hybridized carbons (Fsp3) is 0.357. The van der Waals surface area contributed by atoms with E-state index in [-0.39, 0.29) is 11.8 Å². The summed E-state index contributed by atoms with van der Waals surface area (Å²) >= 11 is 0. The summed E-state index contributed by atoms with van der Waals surface area (Å²) in [6.45, 7) is 1.73. The minimum absolute atomic E-state index is 0.253. The Morgan fingerprint density at radius 3 is 2.67 bits per heavy atom. The summed E-state index contributed by atoms with van der Waals surface area (Å²) in [7, 11) is 0. The zero-order chi connectivity index (χ0) is 15.6. The Kier molecular flexibility index (Phi) is 4.22. The van der Waals surface area contributed by atoms with Gasteiger partial charge in [-0.2, -0.15) is 13.2 Å². The van der Waals surface area contributed by atoms with E-state index in [1.54, 1.807) is 19.1 Å². The second-order valence-corrected chi connectivity index (χ2v) is 4.84. The molecule has 21 heavy (non-hydrogen) atoms. The lowest BCUT2D eigenvalue weighted by molar-refractivity contribution is -0.180. The highest BCUT2D eigenvalue weighted by molar-refractivity contribution is 5.72. The van der Waals surface area contributed by atoms with Crippen molar-refractivity contribution in [3.05, 3.63) is 35.9 Å². The lowest BCUT2D eigenvalue weighted by atomic mass is 10.0. The van der Waals surface area contributed by atoms with E-state index in [1.807, 2.05) is 0 Å². The van der Waals surface area contributed by atoms with Crippen LogP contribution in [-0.2, 0) is 0 Å². The van der Waals surface area contributed by atoms with Crippen LogP contribution in [0.2, 0.25) is 0 Å². The topological polar surface area (TPSA) is 73.6 Å². The summed E-state index contributed by atoms with van der Waals surface area (Å²) in [5.74, 6) is -1.53. The van der Waals surface area contributed by atoms with Crippen molar-refractivity contribution in [2.75, 3.05) is 5.73 Å². The van der Waals surface area contributed by atoms with Crippen LogP contribution < -0.4 is 16.2 Å². The SMILES string of the molecule is CC(N)c1cc(OC2N=CC=CC2C(F)(F)F)ccc1N. The normalized spacial score (nSPS) is 23.1. The number of nitrogen functional groups attached to an aromatic ring is 1. The van der Waals surface area contributed by atoms with Crippen molar-refractivity contribution < 1.29 is 17.9 Å². The average molecular weight is 299 g/mol. The molecular formula is C14H16F3N3O. The van der Waals surface area contributed by atoms with E-state index < -0.39 is 18.3 Å². The van der Waals surface area contributed by atoms with Crippen molar-refractivity contribution in [3.8, 4) is 5.75 Å². The molecule has 1 aliphatic heterocycles. The number of nitrogens with zero attached hydrogens (tertiary/aromatic N) is 1. The first-order valence-electron chi connectivity index (χ1n) is 6.37. The Morgan fingerprint density at radius 2 is 2.05 bits per heavy atom. The summed E-state index contributed by atoms with van der Waals surface area (Å²) in [5, 5.41) is 0. The zero-order valence-electron chi connectivity index (χ0n) is 11.3. The number of dihydropyridines is 1. The first kappa shape index (κ1) is 15.4. The van der Waals surface area contributed by atoms with Crippen LogP contribution in [0.5, 0.6) is 5.75 Å². The lowest BCUT2D eigenvalue weighted by Gasteiger charge is -2.26. The Morgan fingerprint density at radius 1 is 1.33 bits per heavy atom. The summed E-state index contributed by atoms with van der Waals surface area (Å²) in [5.41, 5.74) is 12.6. The predicted octanol–water partition coefficient (Wildman–Crippen LogP) is 2.81. The van der Waals surface area contributed by atoms with Crippen molar-refractivity contribution in [3.63, 3.8) is 0 Å². The monoisotopic (exact) mass is 299 g/mol.